The Morgan fingerprint density at radius 1 is 1.12 bits per heavy atom. The summed E-state index contributed by atoms with van der Waals surface area (Å²) in [7, 11) is 0. The summed E-state index contributed by atoms with van der Waals surface area (Å²) < 4.78 is 0. The Kier molecular flexibility index (Phi) is 3.13. The van der Waals surface area contributed by atoms with Crippen LogP contribution in [0.3, 0.4) is 0 Å². The van der Waals surface area contributed by atoms with Crippen LogP contribution in [0.15, 0.2) is 4.99 Å². The molecule has 2 aliphatic heterocycles. The molecule has 1 aliphatic carbocycles. The second-order valence-corrected chi connectivity index (χ2v) is 5.50. The Bertz CT molecular complexity index is 270. The lowest BCUT2D eigenvalue weighted by Crippen LogP contribution is -2.37. The van der Waals surface area contributed by atoms with E-state index in [4.69, 9.17) is 0 Å². The van der Waals surface area contributed by atoms with E-state index >= 15 is 0 Å². The molecular formula is C13H23N3. The molecule has 3 rings (SSSR count). The van der Waals surface area contributed by atoms with Crippen molar-refractivity contribution in [3.8, 4) is 0 Å². The molecule has 1 N–H and O–H groups in total. The quantitative estimate of drug-likeness (QED) is 0.770. The lowest BCUT2D eigenvalue weighted by atomic mass is 10.2. The van der Waals surface area contributed by atoms with E-state index in [1.165, 1.54) is 63.9 Å². The number of likely N-dealkylation sites (tertiary alicyclic amines) is 1. The molecule has 0 aromatic rings. The van der Waals surface area contributed by atoms with E-state index in [1.54, 1.807) is 0 Å². The van der Waals surface area contributed by atoms with Crippen molar-refractivity contribution in [1.29, 1.82) is 0 Å². The Hall–Kier alpha value is -0.570. The van der Waals surface area contributed by atoms with E-state index in [0.717, 1.165) is 12.6 Å². The largest absolute Gasteiger partial charge is 0.370 e. The summed E-state index contributed by atoms with van der Waals surface area (Å²) in [6, 6.07) is 1.61. The van der Waals surface area contributed by atoms with E-state index in [2.05, 4.69) is 15.2 Å². The van der Waals surface area contributed by atoms with Crippen molar-refractivity contribution in [3.63, 3.8) is 0 Å². The van der Waals surface area contributed by atoms with Crippen LogP contribution >= 0.6 is 0 Å². The van der Waals surface area contributed by atoms with Crippen molar-refractivity contribution in [2.45, 2.75) is 57.0 Å². The lowest BCUT2D eigenvalue weighted by Gasteiger charge is -2.17. The van der Waals surface area contributed by atoms with Gasteiger partial charge in [-0.25, -0.2) is 0 Å². The molecule has 1 unspecified atom stereocenters. The van der Waals surface area contributed by atoms with Gasteiger partial charge in [0.05, 0.1) is 5.84 Å². The standard InChI is InChI=1S/C13H23N3/c1-2-4-13(14-8-3-1)15-11-7-9-16(10-11)12-5-6-12/h11-12H,1-10H2,(H,14,15). The topological polar surface area (TPSA) is 27.6 Å². The van der Waals surface area contributed by atoms with Crippen molar-refractivity contribution < 1.29 is 0 Å². The summed E-state index contributed by atoms with van der Waals surface area (Å²) in [5, 5.41) is 3.68. The minimum Gasteiger partial charge on any atom is -0.370 e. The Labute approximate surface area is 98.3 Å². The highest BCUT2D eigenvalue weighted by Crippen LogP contribution is 2.29. The first-order valence-electron chi connectivity index (χ1n) is 6.96. The molecule has 0 spiro atoms. The number of hydrogen-bond donors (Lipinski definition) is 1. The first-order valence-corrected chi connectivity index (χ1v) is 6.96. The third kappa shape index (κ3) is 2.57. The molecule has 2 heterocycles. The molecule has 3 nitrogen and oxygen atoms in total. The van der Waals surface area contributed by atoms with Gasteiger partial charge in [-0.2, -0.15) is 0 Å². The molecule has 90 valence electrons. The van der Waals surface area contributed by atoms with Crippen LogP contribution in [0.4, 0.5) is 0 Å². The molecule has 3 heteroatoms. The molecule has 16 heavy (non-hydrogen) atoms. The van der Waals surface area contributed by atoms with Crippen molar-refractivity contribution in [1.82, 2.24) is 10.2 Å². The highest BCUT2D eigenvalue weighted by atomic mass is 15.2. The number of rotatable bonds is 2. The maximum atomic E-state index is 4.66. The van der Waals surface area contributed by atoms with Gasteiger partial charge in [0.2, 0.25) is 0 Å². The van der Waals surface area contributed by atoms with Crippen LogP contribution in [-0.2, 0) is 0 Å². The fourth-order valence-electron chi connectivity index (χ4n) is 2.90. The molecule has 0 radical (unpaired) electrons. The second-order valence-electron chi connectivity index (χ2n) is 5.50. The molecular weight excluding hydrogens is 198 g/mol. The molecule has 0 amide bonds. The molecule has 1 saturated heterocycles. The Balaban J connectivity index is 1.48. The molecule has 0 aromatic heterocycles. The van der Waals surface area contributed by atoms with Crippen LogP contribution in [0, 0.1) is 0 Å². The van der Waals surface area contributed by atoms with E-state index < -0.39 is 0 Å². The molecule has 2 fully saturated rings. The summed E-state index contributed by atoms with van der Waals surface area (Å²) >= 11 is 0. The third-order valence-corrected chi connectivity index (χ3v) is 4.03. The number of aliphatic imine (C=N–C) groups is 1. The van der Waals surface area contributed by atoms with Crippen molar-refractivity contribution in [3.05, 3.63) is 0 Å². The fraction of sp³-hybridized carbons (Fsp3) is 0.923. The summed E-state index contributed by atoms with van der Waals surface area (Å²) in [5.41, 5.74) is 0. The first-order chi connectivity index (χ1) is 7.92. The van der Waals surface area contributed by atoms with Crippen LogP contribution in [0.1, 0.15) is 44.9 Å². The van der Waals surface area contributed by atoms with Gasteiger partial charge in [0, 0.05) is 38.1 Å². The van der Waals surface area contributed by atoms with Gasteiger partial charge in [0.1, 0.15) is 0 Å². The average molecular weight is 221 g/mol. The normalized spacial score (nSPS) is 32.2. The van der Waals surface area contributed by atoms with Gasteiger partial charge in [-0.3, -0.25) is 9.89 Å². The van der Waals surface area contributed by atoms with E-state index in [1.807, 2.05) is 0 Å². The SMILES string of the molecule is C1CCN=C(NC2CCN(C3CC3)C2)CC1. The van der Waals surface area contributed by atoms with Crippen molar-refractivity contribution in [2.75, 3.05) is 19.6 Å². The van der Waals surface area contributed by atoms with Crippen molar-refractivity contribution >= 4 is 5.84 Å². The van der Waals surface area contributed by atoms with Crippen molar-refractivity contribution in [2.24, 2.45) is 4.99 Å². The van der Waals surface area contributed by atoms with Crippen LogP contribution in [-0.4, -0.2) is 42.5 Å². The van der Waals surface area contributed by atoms with Crippen LogP contribution < -0.4 is 5.32 Å². The zero-order valence-corrected chi connectivity index (χ0v) is 10.1. The van der Waals surface area contributed by atoms with Gasteiger partial charge in [0.15, 0.2) is 0 Å². The zero-order chi connectivity index (χ0) is 10.8. The molecule has 0 bridgehead atoms. The fourth-order valence-corrected chi connectivity index (χ4v) is 2.90. The van der Waals surface area contributed by atoms with E-state index in [9.17, 15) is 0 Å². The summed E-state index contributed by atoms with van der Waals surface area (Å²) in [6.45, 7) is 3.60. The van der Waals surface area contributed by atoms with Gasteiger partial charge in [-0.1, -0.05) is 6.42 Å². The lowest BCUT2D eigenvalue weighted by molar-refractivity contribution is 0.321. The maximum absolute atomic E-state index is 4.66. The third-order valence-electron chi connectivity index (χ3n) is 4.03. The van der Waals surface area contributed by atoms with Gasteiger partial charge in [-0.15, -0.1) is 0 Å². The smallest absolute Gasteiger partial charge is 0.0965 e. The number of nitrogens with one attached hydrogen (secondary N) is 1. The predicted octanol–water partition coefficient (Wildman–Crippen LogP) is 1.79. The molecule has 0 aromatic carbocycles. The minimum absolute atomic E-state index is 0.678. The monoisotopic (exact) mass is 221 g/mol. The van der Waals surface area contributed by atoms with Gasteiger partial charge < -0.3 is 5.32 Å². The minimum atomic E-state index is 0.678. The van der Waals surface area contributed by atoms with Crippen LogP contribution in [0.25, 0.3) is 0 Å². The maximum Gasteiger partial charge on any atom is 0.0965 e. The Morgan fingerprint density at radius 3 is 2.94 bits per heavy atom. The van der Waals surface area contributed by atoms with E-state index in [0.29, 0.717) is 6.04 Å². The molecule has 1 atom stereocenters. The highest BCUT2D eigenvalue weighted by molar-refractivity contribution is 5.82. The number of amidine groups is 1. The summed E-state index contributed by atoms with van der Waals surface area (Å²) in [5.74, 6) is 1.29. The Morgan fingerprint density at radius 2 is 2.06 bits per heavy atom. The second kappa shape index (κ2) is 4.74. The number of nitrogens with zero attached hydrogens (tertiary/aromatic N) is 2. The number of hydrogen-bond acceptors (Lipinski definition) is 3. The van der Waals surface area contributed by atoms with Gasteiger partial charge in [-0.05, 0) is 32.1 Å². The molecule has 1 saturated carbocycles. The van der Waals surface area contributed by atoms with Gasteiger partial charge >= 0.3 is 0 Å². The zero-order valence-electron chi connectivity index (χ0n) is 10.1. The predicted molar refractivity (Wildman–Crippen MR) is 66.9 cm³/mol. The van der Waals surface area contributed by atoms with Gasteiger partial charge in [0.25, 0.3) is 0 Å². The van der Waals surface area contributed by atoms with Crippen LogP contribution in [0.5, 0.6) is 0 Å². The highest BCUT2D eigenvalue weighted by Gasteiger charge is 2.34. The average Bonchev–Trinajstić information content (AvgIpc) is 3.07. The molecule has 3 aliphatic rings. The van der Waals surface area contributed by atoms with E-state index in [-0.39, 0.29) is 0 Å². The summed E-state index contributed by atoms with van der Waals surface area (Å²) in [4.78, 5) is 7.32. The first kappa shape index (κ1) is 10.6. The van der Waals surface area contributed by atoms with Crippen LogP contribution in [0.2, 0.25) is 0 Å². The summed E-state index contributed by atoms with van der Waals surface area (Å²) in [6.07, 6.45) is 9.33.